The molecule has 0 bridgehead atoms. The van der Waals surface area contributed by atoms with Crippen molar-refractivity contribution in [1.82, 2.24) is 9.21 Å². The first-order valence-corrected chi connectivity index (χ1v) is 8.63. The molecule has 114 valence electrons. The Labute approximate surface area is 130 Å². The Morgan fingerprint density at radius 3 is 2.48 bits per heavy atom. The van der Waals surface area contributed by atoms with Crippen molar-refractivity contribution in [3.8, 4) is 6.07 Å². The van der Waals surface area contributed by atoms with Gasteiger partial charge in [-0.2, -0.15) is 9.57 Å². The van der Waals surface area contributed by atoms with Gasteiger partial charge in [-0.05, 0) is 19.1 Å². The largest absolute Gasteiger partial charge is 0.299 e. The molecule has 2 rings (SSSR count). The van der Waals surface area contributed by atoms with E-state index in [4.69, 9.17) is 16.9 Å². The summed E-state index contributed by atoms with van der Waals surface area (Å²) < 4.78 is 26.6. The SMILES string of the molecule is C[C@@H](C#N)CN1CCN(S(=O)(=O)c2ccccc2Cl)CC1. The highest BCUT2D eigenvalue weighted by molar-refractivity contribution is 7.89. The van der Waals surface area contributed by atoms with E-state index in [0.717, 1.165) is 0 Å². The predicted molar refractivity (Wildman–Crippen MR) is 81.4 cm³/mol. The Kier molecular flexibility index (Phi) is 5.22. The number of rotatable bonds is 4. The fraction of sp³-hybridized carbons (Fsp3) is 0.500. The van der Waals surface area contributed by atoms with Gasteiger partial charge in [0.1, 0.15) is 4.90 Å². The molecule has 0 aliphatic carbocycles. The van der Waals surface area contributed by atoms with Crippen LogP contribution in [0.15, 0.2) is 29.2 Å². The van der Waals surface area contributed by atoms with Gasteiger partial charge in [0.05, 0.1) is 17.0 Å². The van der Waals surface area contributed by atoms with Crippen molar-refractivity contribution in [3.63, 3.8) is 0 Å². The summed E-state index contributed by atoms with van der Waals surface area (Å²) in [6, 6.07) is 8.69. The predicted octanol–water partition coefficient (Wildman–Crippen LogP) is 1.81. The summed E-state index contributed by atoms with van der Waals surface area (Å²) in [6.45, 7) is 4.66. The van der Waals surface area contributed by atoms with E-state index in [1.807, 2.05) is 6.92 Å². The van der Waals surface area contributed by atoms with Crippen molar-refractivity contribution in [2.24, 2.45) is 5.92 Å². The molecule has 0 radical (unpaired) electrons. The Bertz CT molecular complexity index is 634. The van der Waals surface area contributed by atoms with Gasteiger partial charge in [-0.3, -0.25) is 4.90 Å². The highest BCUT2D eigenvalue weighted by Crippen LogP contribution is 2.25. The molecule has 0 amide bonds. The normalized spacial score (nSPS) is 19.1. The number of hydrogen-bond donors (Lipinski definition) is 0. The average molecular weight is 328 g/mol. The fourth-order valence-electron chi connectivity index (χ4n) is 2.37. The van der Waals surface area contributed by atoms with Crippen LogP contribution in [-0.2, 0) is 10.0 Å². The van der Waals surface area contributed by atoms with Gasteiger partial charge < -0.3 is 0 Å². The number of halogens is 1. The first kappa shape index (κ1) is 16.2. The van der Waals surface area contributed by atoms with Crippen LogP contribution in [0.3, 0.4) is 0 Å². The molecule has 1 aliphatic rings. The molecule has 0 unspecified atom stereocenters. The molecular formula is C14H18ClN3O2S. The van der Waals surface area contributed by atoms with Gasteiger partial charge in [-0.15, -0.1) is 0 Å². The maximum atomic E-state index is 12.6. The van der Waals surface area contributed by atoms with Crippen LogP contribution in [0.25, 0.3) is 0 Å². The van der Waals surface area contributed by atoms with Crippen molar-refractivity contribution in [3.05, 3.63) is 29.3 Å². The zero-order chi connectivity index (χ0) is 15.5. The first-order chi connectivity index (χ1) is 9.95. The van der Waals surface area contributed by atoms with Crippen molar-refractivity contribution in [2.75, 3.05) is 32.7 Å². The van der Waals surface area contributed by atoms with Crippen LogP contribution in [-0.4, -0.2) is 50.3 Å². The number of sulfonamides is 1. The van der Waals surface area contributed by atoms with E-state index in [1.54, 1.807) is 18.2 Å². The van der Waals surface area contributed by atoms with Gasteiger partial charge in [0.15, 0.2) is 0 Å². The minimum absolute atomic E-state index is 0.0447. The van der Waals surface area contributed by atoms with Crippen LogP contribution in [0.2, 0.25) is 5.02 Å². The molecule has 1 atom stereocenters. The van der Waals surface area contributed by atoms with Crippen LogP contribution in [0.5, 0.6) is 0 Å². The van der Waals surface area contributed by atoms with Crippen LogP contribution in [0.4, 0.5) is 0 Å². The zero-order valence-corrected chi connectivity index (χ0v) is 13.4. The van der Waals surface area contributed by atoms with Gasteiger partial charge in [0.25, 0.3) is 0 Å². The molecule has 7 heteroatoms. The molecule has 21 heavy (non-hydrogen) atoms. The van der Waals surface area contributed by atoms with Gasteiger partial charge in [0.2, 0.25) is 10.0 Å². The van der Waals surface area contributed by atoms with Gasteiger partial charge in [-0.1, -0.05) is 23.7 Å². The average Bonchev–Trinajstić information content (AvgIpc) is 2.48. The second-order valence-electron chi connectivity index (χ2n) is 5.17. The van der Waals surface area contributed by atoms with E-state index in [9.17, 15) is 8.42 Å². The smallest absolute Gasteiger partial charge is 0.244 e. The van der Waals surface area contributed by atoms with Crippen molar-refractivity contribution < 1.29 is 8.42 Å². The third kappa shape index (κ3) is 3.74. The van der Waals surface area contributed by atoms with Crippen LogP contribution >= 0.6 is 11.6 Å². The van der Waals surface area contributed by atoms with E-state index < -0.39 is 10.0 Å². The minimum Gasteiger partial charge on any atom is -0.299 e. The molecule has 0 spiro atoms. The molecule has 0 aromatic heterocycles. The number of hydrogen-bond acceptors (Lipinski definition) is 4. The monoisotopic (exact) mass is 327 g/mol. The lowest BCUT2D eigenvalue weighted by molar-refractivity contribution is 0.178. The van der Waals surface area contributed by atoms with E-state index in [-0.39, 0.29) is 15.8 Å². The highest BCUT2D eigenvalue weighted by Gasteiger charge is 2.30. The molecule has 1 aromatic rings. The highest BCUT2D eigenvalue weighted by atomic mass is 35.5. The molecule has 0 saturated carbocycles. The van der Waals surface area contributed by atoms with Gasteiger partial charge in [0, 0.05) is 32.7 Å². The molecule has 1 saturated heterocycles. The van der Waals surface area contributed by atoms with Gasteiger partial charge in [-0.25, -0.2) is 8.42 Å². The van der Waals surface area contributed by atoms with E-state index >= 15 is 0 Å². The lowest BCUT2D eigenvalue weighted by Gasteiger charge is -2.34. The summed E-state index contributed by atoms with van der Waals surface area (Å²) in [5.41, 5.74) is 0. The van der Waals surface area contributed by atoms with Crippen molar-refractivity contribution in [1.29, 1.82) is 5.26 Å². The number of nitrogens with zero attached hydrogens (tertiary/aromatic N) is 3. The molecule has 1 heterocycles. The van der Waals surface area contributed by atoms with Crippen LogP contribution in [0.1, 0.15) is 6.92 Å². The summed E-state index contributed by atoms with van der Waals surface area (Å²) in [6.07, 6.45) is 0. The molecule has 5 nitrogen and oxygen atoms in total. The Hall–Kier alpha value is -1.13. The zero-order valence-electron chi connectivity index (χ0n) is 11.9. The minimum atomic E-state index is -3.54. The summed E-state index contributed by atoms with van der Waals surface area (Å²) >= 11 is 5.99. The summed E-state index contributed by atoms with van der Waals surface area (Å²) in [5.74, 6) is -0.0447. The van der Waals surface area contributed by atoms with Crippen LogP contribution < -0.4 is 0 Å². The number of benzene rings is 1. The van der Waals surface area contributed by atoms with E-state index in [1.165, 1.54) is 10.4 Å². The molecule has 0 N–H and O–H groups in total. The number of nitriles is 1. The molecule has 1 fully saturated rings. The van der Waals surface area contributed by atoms with Crippen molar-refractivity contribution in [2.45, 2.75) is 11.8 Å². The molecular weight excluding hydrogens is 310 g/mol. The molecule has 1 aliphatic heterocycles. The number of piperazine rings is 1. The Morgan fingerprint density at radius 1 is 1.29 bits per heavy atom. The summed E-state index contributed by atoms with van der Waals surface area (Å²) in [5, 5.41) is 9.08. The Balaban J connectivity index is 2.05. The topological polar surface area (TPSA) is 64.4 Å². The standard InChI is InChI=1S/C14H18ClN3O2S/c1-12(10-16)11-17-6-8-18(9-7-17)21(19,20)14-5-3-2-4-13(14)15/h2-5,12H,6-9,11H2,1H3/t12-/m0/s1. The fourth-order valence-corrected chi connectivity index (χ4v) is 4.29. The molecule has 1 aromatic carbocycles. The maximum absolute atomic E-state index is 12.6. The lowest BCUT2D eigenvalue weighted by Crippen LogP contribution is -2.49. The Morgan fingerprint density at radius 2 is 1.90 bits per heavy atom. The lowest BCUT2D eigenvalue weighted by atomic mass is 10.2. The second kappa shape index (κ2) is 6.75. The van der Waals surface area contributed by atoms with E-state index in [2.05, 4.69) is 11.0 Å². The quantitative estimate of drug-likeness (QED) is 0.846. The summed E-state index contributed by atoms with van der Waals surface area (Å²) in [7, 11) is -3.54. The van der Waals surface area contributed by atoms with Crippen LogP contribution in [0, 0.1) is 17.2 Å². The third-order valence-corrected chi connectivity index (χ3v) is 5.94. The van der Waals surface area contributed by atoms with Gasteiger partial charge >= 0.3 is 0 Å². The maximum Gasteiger partial charge on any atom is 0.244 e. The third-order valence-electron chi connectivity index (χ3n) is 3.54. The van der Waals surface area contributed by atoms with Crippen molar-refractivity contribution >= 4 is 21.6 Å². The summed E-state index contributed by atoms with van der Waals surface area (Å²) in [4.78, 5) is 2.28. The second-order valence-corrected chi connectivity index (χ2v) is 7.48. The first-order valence-electron chi connectivity index (χ1n) is 6.82. The van der Waals surface area contributed by atoms with E-state index in [0.29, 0.717) is 32.7 Å².